The summed E-state index contributed by atoms with van der Waals surface area (Å²) in [7, 11) is -4.63. The molecular formula is C13H16FNO5S2. The van der Waals surface area contributed by atoms with Crippen LogP contribution in [0.2, 0.25) is 0 Å². The number of halogens is 1. The number of aryl methyl sites for hydroxylation is 1. The number of hydrogen-bond donors (Lipinski definition) is 0. The van der Waals surface area contributed by atoms with Gasteiger partial charge in [0.05, 0.1) is 17.9 Å². The lowest BCUT2D eigenvalue weighted by Crippen LogP contribution is -2.26. The van der Waals surface area contributed by atoms with Gasteiger partial charge in [-0.2, -0.15) is 8.42 Å². The van der Waals surface area contributed by atoms with Crippen molar-refractivity contribution in [1.82, 2.24) is 0 Å². The fraction of sp³-hybridized carbons (Fsp3) is 0.538. The number of rotatable bonds is 5. The van der Waals surface area contributed by atoms with Gasteiger partial charge >= 0.3 is 16.2 Å². The molecule has 0 N–H and O–H groups in total. The van der Waals surface area contributed by atoms with Gasteiger partial charge in [0.15, 0.2) is 0 Å². The van der Waals surface area contributed by atoms with Crippen molar-refractivity contribution in [2.75, 3.05) is 23.8 Å². The van der Waals surface area contributed by atoms with Crippen LogP contribution in [0, 0.1) is 12.8 Å². The van der Waals surface area contributed by atoms with Crippen LogP contribution < -0.4 is 4.90 Å². The molecule has 2 heterocycles. The number of esters is 1. The molecule has 6 nitrogen and oxygen atoms in total. The molecule has 0 bridgehead atoms. The number of nitrogens with zero attached hydrogens (tertiary/aromatic N) is 1. The summed E-state index contributed by atoms with van der Waals surface area (Å²) >= 11 is 1.21. The lowest BCUT2D eigenvalue weighted by molar-refractivity contribution is -0.117. The standard InChI is InChI=1S/C13H16FNO5S2/c1-3-20-13(17)11-8(2)6-21-12(11)15-5-9(4-10(15)16)7-22(14,18)19/h6,9H,3-5,7H2,1-2H3. The third kappa shape index (κ3) is 3.64. The van der Waals surface area contributed by atoms with Crippen LogP contribution in [0.4, 0.5) is 8.89 Å². The number of thiophene rings is 1. The Morgan fingerprint density at radius 2 is 2.23 bits per heavy atom. The van der Waals surface area contributed by atoms with E-state index in [1.807, 2.05) is 0 Å². The summed E-state index contributed by atoms with van der Waals surface area (Å²) in [4.78, 5) is 25.4. The third-order valence-electron chi connectivity index (χ3n) is 3.32. The minimum atomic E-state index is -4.63. The molecule has 2 rings (SSSR count). The second-order valence-electron chi connectivity index (χ2n) is 5.10. The van der Waals surface area contributed by atoms with Crippen molar-refractivity contribution in [2.45, 2.75) is 20.3 Å². The predicted molar refractivity (Wildman–Crippen MR) is 80.4 cm³/mol. The van der Waals surface area contributed by atoms with Crippen LogP contribution in [0.25, 0.3) is 0 Å². The van der Waals surface area contributed by atoms with Crippen LogP contribution in [0.1, 0.15) is 29.3 Å². The maximum atomic E-state index is 12.8. The van der Waals surface area contributed by atoms with Gasteiger partial charge in [-0.15, -0.1) is 15.2 Å². The van der Waals surface area contributed by atoms with Gasteiger partial charge in [-0.3, -0.25) is 4.79 Å². The van der Waals surface area contributed by atoms with Crippen LogP contribution in [0.15, 0.2) is 5.38 Å². The van der Waals surface area contributed by atoms with E-state index < -0.39 is 27.9 Å². The summed E-state index contributed by atoms with van der Waals surface area (Å²) in [6.45, 7) is 3.71. The second-order valence-corrected chi connectivity index (χ2v) is 7.37. The summed E-state index contributed by atoms with van der Waals surface area (Å²) < 4.78 is 39.2. The molecule has 1 saturated heterocycles. The van der Waals surface area contributed by atoms with Crippen molar-refractivity contribution in [3.8, 4) is 0 Å². The van der Waals surface area contributed by atoms with E-state index in [-0.39, 0.29) is 25.5 Å². The molecule has 1 fully saturated rings. The number of ether oxygens (including phenoxy) is 1. The molecule has 1 atom stereocenters. The van der Waals surface area contributed by atoms with Crippen molar-refractivity contribution in [3.63, 3.8) is 0 Å². The van der Waals surface area contributed by atoms with Gasteiger partial charge in [0, 0.05) is 18.9 Å². The molecule has 1 aromatic rings. The summed E-state index contributed by atoms with van der Waals surface area (Å²) in [5, 5.41) is 2.16. The van der Waals surface area contributed by atoms with Crippen LogP contribution in [-0.4, -0.2) is 39.2 Å². The highest BCUT2D eigenvalue weighted by Gasteiger charge is 2.36. The molecular weight excluding hydrogens is 333 g/mol. The highest BCUT2D eigenvalue weighted by atomic mass is 32.3. The van der Waals surface area contributed by atoms with Crippen molar-refractivity contribution >= 4 is 38.4 Å². The molecule has 1 unspecified atom stereocenters. The Balaban J connectivity index is 2.26. The fourth-order valence-electron chi connectivity index (χ4n) is 2.45. The molecule has 0 aromatic carbocycles. The van der Waals surface area contributed by atoms with E-state index in [2.05, 4.69) is 0 Å². The van der Waals surface area contributed by atoms with E-state index in [0.717, 1.165) is 0 Å². The Labute approximate surface area is 132 Å². The van der Waals surface area contributed by atoms with Crippen molar-refractivity contribution in [3.05, 3.63) is 16.5 Å². The van der Waals surface area contributed by atoms with E-state index in [1.165, 1.54) is 16.2 Å². The normalized spacial score (nSPS) is 18.8. The maximum absolute atomic E-state index is 12.8. The van der Waals surface area contributed by atoms with Crippen molar-refractivity contribution in [2.24, 2.45) is 5.92 Å². The monoisotopic (exact) mass is 349 g/mol. The zero-order chi connectivity index (χ0) is 16.5. The Morgan fingerprint density at radius 3 is 2.82 bits per heavy atom. The van der Waals surface area contributed by atoms with Gasteiger partial charge in [0.25, 0.3) is 0 Å². The first-order valence-corrected chi connectivity index (χ1v) is 9.14. The highest BCUT2D eigenvalue weighted by molar-refractivity contribution is 7.86. The summed E-state index contributed by atoms with van der Waals surface area (Å²) in [6, 6.07) is 0. The maximum Gasteiger partial charge on any atom is 0.341 e. The number of carbonyl (C=O) groups excluding carboxylic acids is 2. The first-order chi connectivity index (χ1) is 10.2. The largest absolute Gasteiger partial charge is 0.462 e. The van der Waals surface area contributed by atoms with Gasteiger partial charge in [-0.1, -0.05) is 0 Å². The first-order valence-electron chi connectivity index (χ1n) is 6.70. The van der Waals surface area contributed by atoms with Gasteiger partial charge in [-0.05, 0) is 24.8 Å². The predicted octanol–water partition coefficient (Wildman–Crippen LogP) is 1.89. The summed E-state index contributed by atoms with van der Waals surface area (Å²) in [5.41, 5.74) is 0.997. The van der Waals surface area contributed by atoms with Crippen LogP contribution >= 0.6 is 11.3 Å². The first kappa shape index (κ1) is 16.9. The molecule has 1 aromatic heterocycles. The second kappa shape index (κ2) is 6.33. The molecule has 9 heteroatoms. The topological polar surface area (TPSA) is 80.8 Å². The van der Waals surface area contributed by atoms with E-state index in [9.17, 15) is 21.9 Å². The lowest BCUT2D eigenvalue weighted by atomic mass is 10.1. The average molecular weight is 349 g/mol. The van der Waals surface area contributed by atoms with E-state index in [1.54, 1.807) is 19.2 Å². The van der Waals surface area contributed by atoms with Crippen LogP contribution in [0.3, 0.4) is 0 Å². The summed E-state index contributed by atoms with van der Waals surface area (Å²) in [5.74, 6) is -2.14. The van der Waals surface area contributed by atoms with Gasteiger partial charge in [-0.25, -0.2) is 4.79 Å². The number of anilines is 1. The molecule has 1 aliphatic heterocycles. The SMILES string of the molecule is CCOC(=O)c1c(C)csc1N1CC(CS(=O)(=O)F)CC1=O. The smallest absolute Gasteiger partial charge is 0.341 e. The van der Waals surface area contributed by atoms with Gasteiger partial charge in [0.2, 0.25) is 5.91 Å². The molecule has 1 amide bonds. The average Bonchev–Trinajstić information content (AvgIpc) is 2.90. The molecule has 122 valence electrons. The van der Waals surface area contributed by atoms with E-state index in [4.69, 9.17) is 4.74 Å². The lowest BCUT2D eigenvalue weighted by Gasteiger charge is -2.16. The van der Waals surface area contributed by atoms with Crippen LogP contribution in [0.5, 0.6) is 0 Å². The Morgan fingerprint density at radius 1 is 1.55 bits per heavy atom. The van der Waals surface area contributed by atoms with Crippen LogP contribution in [-0.2, 0) is 19.8 Å². The molecule has 1 aliphatic rings. The van der Waals surface area contributed by atoms with Crippen molar-refractivity contribution < 1.29 is 26.6 Å². The Bertz CT molecular complexity index is 697. The summed E-state index contributed by atoms with van der Waals surface area (Å²) in [6.07, 6.45) is -0.0532. The minimum absolute atomic E-state index is 0.0532. The highest BCUT2D eigenvalue weighted by Crippen LogP contribution is 2.36. The number of amides is 1. The molecule has 0 saturated carbocycles. The van der Waals surface area contributed by atoms with E-state index in [0.29, 0.717) is 16.1 Å². The zero-order valence-electron chi connectivity index (χ0n) is 12.2. The number of carbonyl (C=O) groups is 2. The minimum Gasteiger partial charge on any atom is -0.462 e. The zero-order valence-corrected chi connectivity index (χ0v) is 13.8. The van der Waals surface area contributed by atoms with E-state index >= 15 is 0 Å². The fourth-order valence-corrected chi connectivity index (χ4v) is 4.31. The third-order valence-corrected chi connectivity index (χ3v) is 5.31. The van der Waals surface area contributed by atoms with Crippen molar-refractivity contribution in [1.29, 1.82) is 0 Å². The molecule has 0 aliphatic carbocycles. The molecule has 22 heavy (non-hydrogen) atoms. The molecule has 0 radical (unpaired) electrons. The van der Waals surface area contributed by atoms with Gasteiger partial charge in [0.1, 0.15) is 5.00 Å². The van der Waals surface area contributed by atoms with Gasteiger partial charge < -0.3 is 9.64 Å². The quantitative estimate of drug-likeness (QED) is 0.599. The molecule has 0 spiro atoms. The number of hydrogen-bond acceptors (Lipinski definition) is 6. The Hall–Kier alpha value is -1.48. The Kier molecular flexibility index (Phi) is 4.86.